The number of aromatic nitrogens is 5. The van der Waals surface area contributed by atoms with Crippen LogP contribution >= 0.6 is 0 Å². The zero-order chi connectivity index (χ0) is 27.4. The summed E-state index contributed by atoms with van der Waals surface area (Å²) in [5, 5.41) is 0.672. The molecule has 0 spiro atoms. The second-order valence-electron chi connectivity index (χ2n) is 9.26. The number of nitrogens with zero attached hydrogens (tertiary/aromatic N) is 4. The predicted molar refractivity (Wildman–Crippen MR) is 138 cm³/mol. The lowest BCUT2D eigenvalue weighted by molar-refractivity contribution is -0.275. The molecule has 1 aliphatic rings. The average Bonchev–Trinajstić information content (AvgIpc) is 3.61. The third-order valence-electron chi connectivity index (χ3n) is 6.71. The van der Waals surface area contributed by atoms with Gasteiger partial charge in [0.1, 0.15) is 34.3 Å². The highest BCUT2D eigenvalue weighted by Crippen LogP contribution is 2.38. The lowest BCUT2D eigenvalue weighted by Gasteiger charge is -2.14. The van der Waals surface area contributed by atoms with Gasteiger partial charge in [0, 0.05) is 17.8 Å². The number of nitrogens with one attached hydrogen (secondary N) is 2. The summed E-state index contributed by atoms with van der Waals surface area (Å²) < 4.78 is 72.7. The minimum absolute atomic E-state index is 0.121. The van der Waals surface area contributed by atoms with Gasteiger partial charge in [-0.3, -0.25) is 4.72 Å². The van der Waals surface area contributed by atoms with E-state index in [1.165, 1.54) is 30.6 Å². The minimum atomic E-state index is -5.05. The molecule has 3 aromatic heterocycles. The quantitative estimate of drug-likeness (QED) is 0.255. The van der Waals surface area contributed by atoms with Crippen molar-refractivity contribution < 1.29 is 26.3 Å². The smallest absolute Gasteiger partial charge is 0.404 e. The van der Waals surface area contributed by atoms with E-state index in [1.54, 1.807) is 6.07 Å². The molecule has 202 valence electrons. The van der Waals surface area contributed by atoms with E-state index < -0.39 is 27.0 Å². The number of imidazole rings is 1. The Hall–Kier alpha value is -4.33. The Labute approximate surface area is 220 Å². The van der Waals surface area contributed by atoms with Gasteiger partial charge in [-0.1, -0.05) is 25.0 Å². The summed E-state index contributed by atoms with van der Waals surface area (Å²) in [7, 11) is -4.42. The Morgan fingerprint density at radius 1 is 1.10 bits per heavy atom. The van der Waals surface area contributed by atoms with Gasteiger partial charge in [-0.2, -0.15) is 0 Å². The number of hydrogen-bond donors (Lipinski definition) is 3. The van der Waals surface area contributed by atoms with Crippen LogP contribution in [0.3, 0.4) is 0 Å². The maximum Gasteiger partial charge on any atom is 0.573 e. The molecule has 0 saturated heterocycles. The second-order valence-corrected chi connectivity index (χ2v) is 10.9. The van der Waals surface area contributed by atoms with E-state index in [2.05, 4.69) is 34.0 Å². The Balaban J connectivity index is 1.36. The highest BCUT2D eigenvalue weighted by Gasteiger charge is 2.34. The van der Waals surface area contributed by atoms with Crippen LogP contribution in [0.1, 0.15) is 31.7 Å². The first-order valence-corrected chi connectivity index (χ1v) is 13.6. The number of hydrogen-bond acceptors (Lipinski definition) is 7. The SMILES string of the molecule is Nc1ncnc2c1c(-c1nc3ccc(NS(=O)(=O)c4ccccc4OC(F)(F)F)cc3[nH]1)cn2C1CCCC1. The standard InChI is InChI=1S/C25H22F3N7O3S/c26-25(27,28)38-19-7-3-4-8-20(19)39(36,37)34-14-9-10-17-18(11-14)33-23(32-17)16-12-35(15-5-1-2-6-15)24-21(16)22(29)30-13-31-24/h3-4,7-13,15,34H,1-2,5-6H2,(H,32,33)(H2,29,30,31). The summed E-state index contributed by atoms with van der Waals surface area (Å²) >= 11 is 0. The fourth-order valence-corrected chi connectivity index (χ4v) is 6.22. The Morgan fingerprint density at radius 3 is 2.64 bits per heavy atom. The van der Waals surface area contributed by atoms with Crippen LogP contribution in [0.5, 0.6) is 5.75 Å². The van der Waals surface area contributed by atoms with E-state index >= 15 is 0 Å². The van der Waals surface area contributed by atoms with Gasteiger partial charge in [-0.25, -0.2) is 23.4 Å². The fourth-order valence-electron chi connectivity index (χ4n) is 5.04. The van der Waals surface area contributed by atoms with Crippen molar-refractivity contribution in [1.82, 2.24) is 24.5 Å². The molecule has 0 radical (unpaired) electrons. The van der Waals surface area contributed by atoms with Crippen molar-refractivity contribution in [2.45, 2.75) is 43.0 Å². The molecule has 3 heterocycles. The molecule has 5 aromatic rings. The predicted octanol–water partition coefficient (Wildman–Crippen LogP) is 5.37. The lowest BCUT2D eigenvalue weighted by Crippen LogP contribution is -2.20. The van der Waals surface area contributed by atoms with E-state index in [1.807, 2.05) is 6.20 Å². The van der Waals surface area contributed by atoms with E-state index in [-0.39, 0.29) is 5.69 Å². The summed E-state index contributed by atoms with van der Waals surface area (Å²) in [6, 6.07) is 9.39. The van der Waals surface area contributed by atoms with Crippen LogP contribution in [-0.4, -0.2) is 39.3 Å². The molecule has 0 aliphatic heterocycles. The molecule has 0 atom stereocenters. The van der Waals surface area contributed by atoms with Crippen LogP contribution in [-0.2, 0) is 10.0 Å². The Kier molecular flexibility index (Phi) is 5.86. The number of fused-ring (bicyclic) bond motifs is 2. The molecule has 14 heteroatoms. The van der Waals surface area contributed by atoms with Gasteiger partial charge in [-0.15, -0.1) is 13.2 Å². The summed E-state index contributed by atoms with van der Waals surface area (Å²) in [6.07, 6.45) is 2.69. The van der Waals surface area contributed by atoms with Gasteiger partial charge in [0.2, 0.25) is 0 Å². The van der Waals surface area contributed by atoms with Gasteiger partial charge >= 0.3 is 6.36 Å². The summed E-state index contributed by atoms with van der Waals surface area (Å²) in [5.41, 5.74) is 8.84. The third kappa shape index (κ3) is 4.71. The van der Waals surface area contributed by atoms with Crippen molar-refractivity contribution in [3.05, 3.63) is 55.0 Å². The van der Waals surface area contributed by atoms with Crippen molar-refractivity contribution >= 4 is 43.6 Å². The minimum Gasteiger partial charge on any atom is -0.404 e. The number of aromatic amines is 1. The summed E-state index contributed by atoms with van der Waals surface area (Å²) in [4.78, 5) is 15.8. The number of nitrogens with two attached hydrogens (primary N) is 1. The molecular formula is C25H22F3N7O3S. The molecule has 0 unspecified atom stereocenters. The second kappa shape index (κ2) is 9.15. The van der Waals surface area contributed by atoms with Gasteiger partial charge in [0.25, 0.3) is 10.0 Å². The maximum absolute atomic E-state index is 13.0. The number of para-hydroxylation sites is 1. The number of rotatable bonds is 6. The van der Waals surface area contributed by atoms with Crippen LogP contribution in [0, 0.1) is 0 Å². The van der Waals surface area contributed by atoms with E-state index in [0.717, 1.165) is 43.5 Å². The first kappa shape index (κ1) is 25.0. The van der Waals surface area contributed by atoms with Crippen molar-refractivity contribution in [2.75, 3.05) is 10.5 Å². The lowest BCUT2D eigenvalue weighted by atomic mass is 10.2. The highest BCUT2D eigenvalue weighted by atomic mass is 32.2. The van der Waals surface area contributed by atoms with Crippen LogP contribution in [0.2, 0.25) is 0 Å². The van der Waals surface area contributed by atoms with Crippen LogP contribution in [0.25, 0.3) is 33.5 Å². The Morgan fingerprint density at radius 2 is 1.87 bits per heavy atom. The number of sulfonamides is 1. The van der Waals surface area contributed by atoms with Gasteiger partial charge in [0.15, 0.2) is 0 Å². The molecule has 1 aliphatic carbocycles. The van der Waals surface area contributed by atoms with E-state index in [9.17, 15) is 21.6 Å². The van der Waals surface area contributed by atoms with Crippen molar-refractivity contribution in [1.29, 1.82) is 0 Å². The molecule has 1 fully saturated rings. The molecular weight excluding hydrogens is 535 g/mol. The highest BCUT2D eigenvalue weighted by molar-refractivity contribution is 7.92. The molecule has 1 saturated carbocycles. The van der Waals surface area contributed by atoms with Crippen molar-refractivity contribution in [3.63, 3.8) is 0 Å². The molecule has 39 heavy (non-hydrogen) atoms. The number of nitrogen functional groups attached to an aromatic ring is 1. The molecule has 2 aromatic carbocycles. The number of benzene rings is 2. The van der Waals surface area contributed by atoms with Crippen LogP contribution < -0.4 is 15.2 Å². The first-order valence-electron chi connectivity index (χ1n) is 12.1. The van der Waals surface area contributed by atoms with Crippen molar-refractivity contribution in [2.24, 2.45) is 0 Å². The third-order valence-corrected chi connectivity index (χ3v) is 8.13. The van der Waals surface area contributed by atoms with Gasteiger partial charge in [0.05, 0.1) is 22.1 Å². The number of alkyl halides is 3. The molecule has 10 nitrogen and oxygen atoms in total. The zero-order valence-electron chi connectivity index (χ0n) is 20.2. The Bertz CT molecular complexity index is 1810. The first-order chi connectivity index (χ1) is 18.6. The normalized spacial score (nSPS) is 14.8. The number of ether oxygens (including phenoxy) is 1. The van der Waals surface area contributed by atoms with E-state index in [0.29, 0.717) is 39.7 Å². The topological polar surface area (TPSA) is 141 Å². The summed E-state index contributed by atoms with van der Waals surface area (Å²) in [6.45, 7) is 0. The van der Waals surface area contributed by atoms with Crippen LogP contribution in [0.4, 0.5) is 24.7 Å². The zero-order valence-corrected chi connectivity index (χ0v) is 21.1. The van der Waals surface area contributed by atoms with E-state index in [4.69, 9.17) is 5.73 Å². The van der Waals surface area contributed by atoms with Crippen molar-refractivity contribution in [3.8, 4) is 17.1 Å². The number of halogens is 3. The summed E-state index contributed by atoms with van der Waals surface area (Å²) in [5.74, 6) is -0.0153. The number of anilines is 2. The molecule has 4 N–H and O–H groups in total. The van der Waals surface area contributed by atoms with Gasteiger partial charge < -0.3 is 20.0 Å². The molecule has 6 rings (SSSR count). The maximum atomic E-state index is 13.0. The average molecular weight is 558 g/mol. The largest absolute Gasteiger partial charge is 0.573 e. The van der Waals surface area contributed by atoms with Crippen LogP contribution in [0.15, 0.2) is 59.9 Å². The monoisotopic (exact) mass is 557 g/mol. The van der Waals surface area contributed by atoms with Gasteiger partial charge in [-0.05, 0) is 43.2 Å². The fraction of sp³-hybridized carbons (Fsp3) is 0.240. The molecule has 0 amide bonds. The number of H-pyrrole nitrogens is 1. The molecule has 0 bridgehead atoms.